The van der Waals surface area contributed by atoms with Gasteiger partial charge in [-0.1, -0.05) is 41.5 Å². The number of aromatic nitrogens is 2. The van der Waals surface area contributed by atoms with Crippen LogP contribution in [0.1, 0.15) is 0 Å². The van der Waals surface area contributed by atoms with Crippen LogP contribution in [0.5, 0.6) is 0 Å². The molecule has 2 aromatic carbocycles. The van der Waals surface area contributed by atoms with Crippen LogP contribution < -0.4 is 5.32 Å². The molecule has 102 valence electrons. The topological polar surface area (TPSA) is 51.0 Å². The lowest BCUT2D eigenvalue weighted by molar-refractivity contribution is 0.589. The van der Waals surface area contributed by atoms with Crippen molar-refractivity contribution in [3.05, 3.63) is 60.7 Å². The van der Waals surface area contributed by atoms with E-state index < -0.39 is 0 Å². The molecule has 0 fully saturated rings. The van der Waals surface area contributed by atoms with Gasteiger partial charge in [-0.2, -0.15) is 0 Å². The average Bonchev–Trinajstić information content (AvgIpc) is 3.14. The van der Waals surface area contributed by atoms with Crippen molar-refractivity contribution in [2.24, 2.45) is 0 Å². The van der Waals surface area contributed by atoms with Gasteiger partial charge in [-0.25, -0.2) is 0 Å². The van der Waals surface area contributed by atoms with E-state index in [-0.39, 0.29) is 0 Å². The van der Waals surface area contributed by atoms with Crippen molar-refractivity contribution < 1.29 is 4.42 Å². The Morgan fingerprint density at radius 2 is 1.71 bits per heavy atom. The van der Waals surface area contributed by atoms with Crippen molar-refractivity contribution in [3.63, 3.8) is 0 Å². The summed E-state index contributed by atoms with van der Waals surface area (Å²) in [6, 6.07) is 20.4. The van der Waals surface area contributed by atoms with E-state index in [4.69, 9.17) is 4.42 Å². The van der Waals surface area contributed by atoms with Gasteiger partial charge in [0, 0.05) is 10.4 Å². The number of para-hydroxylation sites is 1. The van der Waals surface area contributed by atoms with Gasteiger partial charge in [0.05, 0.1) is 4.88 Å². The van der Waals surface area contributed by atoms with Crippen LogP contribution in [-0.2, 0) is 0 Å². The van der Waals surface area contributed by atoms with Crippen LogP contribution in [0.15, 0.2) is 65.1 Å². The van der Waals surface area contributed by atoms with Gasteiger partial charge in [0.1, 0.15) is 0 Å². The highest BCUT2D eigenvalue weighted by Crippen LogP contribution is 2.33. The number of rotatable bonds is 3. The number of thiophene rings is 1. The second-order valence-corrected chi connectivity index (χ2v) is 5.64. The second kappa shape index (κ2) is 5.03. The lowest BCUT2D eigenvalue weighted by Crippen LogP contribution is -1.88. The Balaban J connectivity index is 1.64. The Kier molecular flexibility index (Phi) is 2.90. The first-order valence-corrected chi connectivity index (χ1v) is 7.35. The summed E-state index contributed by atoms with van der Waals surface area (Å²) in [5, 5.41) is 12.4. The minimum atomic E-state index is 0.397. The summed E-state index contributed by atoms with van der Waals surface area (Å²) in [4.78, 5) is 0.977. The number of anilines is 2. The number of nitrogens with zero attached hydrogens (tertiary/aromatic N) is 2. The summed E-state index contributed by atoms with van der Waals surface area (Å²) in [7, 11) is 0. The van der Waals surface area contributed by atoms with Gasteiger partial charge >= 0.3 is 6.01 Å². The Bertz CT molecular complexity index is 850. The van der Waals surface area contributed by atoms with Crippen molar-refractivity contribution in [3.8, 4) is 10.8 Å². The van der Waals surface area contributed by atoms with E-state index in [0.29, 0.717) is 11.9 Å². The number of benzene rings is 2. The monoisotopic (exact) mass is 293 g/mol. The van der Waals surface area contributed by atoms with Crippen LogP contribution in [0.25, 0.3) is 20.9 Å². The van der Waals surface area contributed by atoms with Gasteiger partial charge in [0.2, 0.25) is 0 Å². The minimum absolute atomic E-state index is 0.397. The molecule has 0 aliphatic heterocycles. The molecular weight excluding hydrogens is 282 g/mol. The predicted octanol–water partition coefficient (Wildman–Crippen LogP) is 4.69. The van der Waals surface area contributed by atoms with Crippen LogP contribution in [0.4, 0.5) is 11.7 Å². The SMILES string of the molecule is c1ccc(Nc2nnc(-c3cc4ccccc4s3)o2)cc1. The van der Waals surface area contributed by atoms with E-state index in [1.54, 1.807) is 11.3 Å². The lowest BCUT2D eigenvalue weighted by Gasteiger charge is -1.98. The van der Waals surface area contributed by atoms with E-state index in [1.807, 2.05) is 42.5 Å². The van der Waals surface area contributed by atoms with Gasteiger partial charge in [-0.3, -0.25) is 0 Å². The fourth-order valence-corrected chi connectivity index (χ4v) is 3.09. The predicted molar refractivity (Wildman–Crippen MR) is 84.8 cm³/mol. The fourth-order valence-electron chi connectivity index (χ4n) is 2.11. The van der Waals surface area contributed by atoms with Crippen molar-refractivity contribution >= 4 is 33.1 Å². The van der Waals surface area contributed by atoms with Crippen molar-refractivity contribution in [1.82, 2.24) is 10.2 Å². The Morgan fingerprint density at radius 3 is 2.57 bits per heavy atom. The molecule has 0 amide bonds. The molecule has 21 heavy (non-hydrogen) atoms. The zero-order valence-corrected chi connectivity index (χ0v) is 11.8. The van der Waals surface area contributed by atoms with E-state index in [2.05, 4.69) is 33.7 Å². The summed E-state index contributed by atoms with van der Waals surface area (Å²) >= 11 is 1.65. The zero-order valence-electron chi connectivity index (χ0n) is 11.0. The van der Waals surface area contributed by atoms with E-state index >= 15 is 0 Å². The quantitative estimate of drug-likeness (QED) is 0.595. The molecule has 0 aliphatic rings. The molecule has 0 bridgehead atoms. The van der Waals surface area contributed by atoms with Gasteiger partial charge in [0.25, 0.3) is 5.89 Å². The standard InChI is InChI=1S/C16H11N3OS/c1-2-7-12(8-3-1)17-16-19-18-15(20-16)14-10-11-6-4-5-9-13(11)21-14/h1-10H,(H,17,19). The van der Waals surface area contributed by atoms with Crippen molar-refractivity contribution in [2.75, 3.05) is 5.32 Å². The van der Waals surface area contributed by atoms with Crippen LogP contribution in [0, 0.1) is 0 Å². The summed E-state index contributed by atoms with van der Waals surface area (Å²) < 4.78 is 6.89. The molecule has 0 aliphatic carbocycles. The summed E-state index contributed by atoms with van der Waals surface area (Å²) in [5.41, 5.74) is 0.920. The van der Waals surface area contributed by atoms with Crippen LogP contribution in [0.3, 0.4) is 0 Å². The molecule has 0 atom stereocenters. The normalized spacial score (nSPS) is 10.9. The largest absolute Gasteiger partial charge is 0.402 e. The molecule has 0 radical (unpaired) electrons. The zero-order chi connectivity index (χ0) is 14.1. The Labute approximate surface area is 125 Å². The third-order valence-electron chi connectivity index (χ3n) is 3.09. The highest BCUT2D eigenvalue weighted by Gasteiger charge is 2.11. The number of hydrogen-bond acceptors (Lipinski definition) is 5. The third-order valence-corrected chi connectivity index (χ3v) is 4.19. The molecule has 4 nitrogen and oxygen atoms in total. The van der Waals surface area contributed by atoms with E-state index in [0.717, 1.165) is 10.6 Å². The molecule has 2 aromatic heterocycles. The van der Waals surface area contributed by atoms with Gasteiger partial charge in [-0.05, 0) is 29.7 Å². The van der Waals surface area contributed by atoms with Crippen LogP contribution in [0.2, 0.25) is 0 Å². The molecule has 2 heterocycles. The van der Waals surface area contributed by atoms with Crippen LogP contribution >= 0.6 is 11.3 Å². The Morgan fingerprint density at radius 1 is 0.905 bits per heavy atom. The minimum Gasteiger partial charge on any atom is -0.402 e. The molecule has 0 saturated carbocycles. The molecular formula is C16H11N3OS. The molecule has 5 heteroatoms. The van der Waals surface area contributed by atoms with Gasteiger partial charge < -0.3 is 9.73 Å². The molecule has 0 saturated heterocycles. The molecule has 0 spiro atoms. The van der Waals surface area contributed by atoms with Crippen LogP contribution in [-0.4, -0.2) is 10.2 Å². The maximum absolute atomic E-state index is 5.68. The van der Waals surface area contributed by atoms with E-state index in [9.17, 15) is 0 Å². The lowest BCUT2D eigenvalue weighted by atomic mass is 10.2. The number of fused-ring (bicyclic) bond motifs is 1. The summed E-state index contributed by atoms with van der Waals surface area (Å²) in [5.74, 6) is 0.537. The van der Waals surface area contributed by atoms with Gasteiger partial charge in [-0.15, -0.1) is 16.4 Å². The molecule has 4 aromatic rings. The molecule has 4 rings (SSSR count). The number of nitrogens with one attached hydrogen (secondary N) is 1. The fraction of sp³-hybridized carbons (Fsp3) is 0. The molecule has 0 unspecified atom stereocenters. The van der Waals surface area contributed by atoms with Crippen molar-refractivity contribution in [1.29, 1.82) is 0 Å². The highest BCUT2D eigenvalue weighted by molar-refractivity contribution is 7.22. The summed E-state index contributed by atoms with van der Waals surface area (Å²) in [6.07, 6.45) is 0. The Hall–Kier alpha value is -2.66. The smallest absolute Gasteiger partial charge is 0.320 e. The molecule has 1 N–H and O–H groups in total. The highest BCUT2D eigenvalue weighted by atomic mass is 32.1. The second-order valence-electron chi connectivity index (χ2n) is 4.55. The maximum Gasteiger partial charge on any atom is 0.320 e. The van der Waals surface area contributed by atoms with Gasteiger partial charge in [0.15, 0.2) is 0 Å². The first-order chi connectivity index (χ1) is 10.4. The number of hydrogen-bond donors (Lipinski definition) is 1. The first-order valence-electron chi connectivity index (χ1n) is 6.53. The average molecular weight is 293 g/mol. The summed E-state index contributed by atoms with van der Waals surface area (Å²) in [6.45, 7) is 0. The first kappa shape index (κ1) is 12.1. The van der Waals surface area contributed by atoms with Crippen molar-refractivity contribution in [2.45, 2.75) is 0 Å². The van der Waals surface area contributed by atoms with E-state index in [1.165, 1.54) is 10.1 Å². The third kappa shape index (κ3) is 2.39. The maximum atomic E-state index is 5.68.